The molecule has 2 unspecified atom stereocenters. The van der Waals surface area contributed by atoms with Gasteiger partial charge in [-0.3, -0.25) is 9.59 Å². The summed E-state index contributed by atoms with van der Waals surface area (Å²) in [5, 5.41) is 2.89. The lowest BCUT2D eigenvalue weighted by atomic mass is 9.97. The van der Waals surface area contributed by atoms with E-state index in [1.54, 1.807) is 0 Å². The monoisotopic (exact) mass is 252 g/mol. The molecule has 102 valence electrons. The Labute approximate surface area is 109 Å². The highest BCUT2D eigenvalue weighted by molar-refractivity contribution is 5.90. The van der Waals surface area contributed by atoms with Gasteiger partial charge in [-0.1, -0.05) is 27.2 Å². The molecule has 2 aliphatic rings. The number of amides is 2. The average molecular weight is 252 g/mol. The molecule has 2 rings (SSSR count). The van der Waals surface area contributed by atoms with Crippen molar-refractivity contribution in [1.82, 2.24) is 10.2 Å². The quantitative estimate of drug-likeness (QED) is 0.825. The molecule has 1 aliphatic heterocycles. The van der Waals surface area contributed by atoms with E-state index in [1.165, 1.54) is 12.8 Å². The predicted molar refractivity (Wildman–Crippen MR) is 69.9 cm³/mol. The van der Waals surface area contributed by atoms with Gasteiger partial charge in [-0.25, -0.2) is 0 Å². The van der Waals surface area contributed by atoms with Gasteiger partial charge in [0.25, 0.3) is 0 Å². The van der Waals surface area contributed by atoms with Gasteiger partial charge in [0.15, 0.2) is 0 Å². The van der Waals surface area contributed by atoms with Crippen molar-refractivity contribution in [1.29, 1.82) is 0 Å². The Morgan fingerprint density at radius 1 is 1.44 bits per heavy atom. The molecule has 2 fully saturated rings. The lowest BCUT2D eigenvalue weighted by molar-refractivity contribution is -0.135. The third-order valence-corrected chi connectivity index (χ3v) is 4.39. The third-order valence-electron chi connectivity index (χ3n) is 4.39. The van der Waals surface area contributed by atoms with Crippen molar-refractivity contribution in [2.45, 2.75) is 52.5 Å². The van der Waals surface area contributed by atoms with E-state index in [-0.39, 0.29) is 23.8 Å². The highest BCUT2D eigenvalue weighted by Crippen LogP contribution is 2.45. The van der Waals surface area contributed by atoms with Crippen LogP contribution >= 0.6 is 0 Å². The van der Waals surface area contributed by atoms with Gasteiger partial charge in [-0.2, -0.15) is 0 Å². The van der Waals surface area contributed by atoms with Crippen LogP contribution in [0.2, 0.25) is 0 Å². The van der Waals surface area contributed by atoms with Crippen molar-refractivity contribution in [3.63, 3.8) is 0 Å². The minimum absolute atomic E-state index is 0.0112. The van der Waals surface area contributed by atoms with Crippen LogP contribution in [0.3, 0.4) is 0 Å². The van der Waals surface area contributed by atoms with Crippen LogP contribution in [0.25, 0.3) is 0 Å². The molecule has 1 saturated heterocycles. The van der Waals surface area contributed by atoms with Crippen LogP contribution in [-0.4, -0.2) is 35.8 Å². The van der Waals surface area contributed by atoms with Crippen molar-refractivity contribution >= 4 is 11.8 Å². The Hall–Kier alpha value is -1.06. The maximum absolute atomic E-state index is 12.5. The summed E-state index contributed by atoms with van der Waals surface area (Å²) >= 11 is 0. The summed E-state index contributed by atoms with van der Waals surface area (Å²) in [6.45, 7) is 7.70. The fourth-order valence-corrected chi connectivity index (χ4v) is 2.46. The molecule has 4 heteroatoms. The fraction of sp³-hybridized carbons (Fsp3) is 0.857. The van der Waals surface area contributed by atoms with E-state index >= 15 is 0 Å². The zero-order valence-electron chi connectivity index (χ0n) is 11.7. The van der Waals surface area contributed by atoms with Crippen LogP contribution in [0.1, 0.15) is 46.5 Å². The van der Waals surface area contributed by atoms with E-state index in [9.17, 15) is 9.59 Å². The van der Waals surface area contributed by atoms with Crippen LogP contribution in [0.15, 0.2) is 0 Å². The second-order valence-corrected chi connectivity index (χ2v) is 6.25. The SMILES string of the molecule is CCC(C)C1NC(=O)CCN(CC2(C)CC2)C1=O. The third kappa shape index (κ3) is 2.85. The van der Waals surface area contributed by atoms with Gasteiger partial charge in [-0.05, 0) is 24.2 Å². The van der Waals surface area contributed by atoms with Crippen LogP contribution in [0, 0.1) is 11.3 Å². The van der Waals surface area contributed by atoms with E-state index in [1.807, 2.05) is 11.8 Å². The molecular weight excluding hydrogens is 228 g/mol. The molecule has 18 heavy (non-hydrogen) atoms. The molecule has 1 aliphatic carbocycles. The number of nitrogens with zero attached hydrogens (tertiary/aromatic N) is 1. The molecule has 2 amide bonds. The molecule has 1 saturated carbocycles. The number of carbonyl (C=O) groups excluding carboxylic acids is 2. The van der Waals surface area contributed by atoms with Crippen molar-refractivity contribution < 1.29 is 9.59 Å². The topological polar surface area (TPSA) is 49.4 Å². The first-order valence-corrected chi connectivity index (χ1v) is 7.03. The van der Waals surface area contributed by atoms with Gasteiger partial charge in [0.2, 0.25) is 11.8 Å². The molecule has 0 spiro atoms. The van der Waals surface area contributed by atoms with Gasteiger partial charge < -0.3 is 10.2 Å². The largest absolute Gasteiger partial charge is 0.344 e. The summed E-state index contributed by atoms with van der Waals surface area (Å²) in [5.74, 6) is 0.328. The Kier molecular flexibility index (Phi) is 3.64. The normalized spacial score (nSPS) is 28.6. The number of nitrogens with one attached hydrogen (secondary N) is 1. The molecule has 1 N–H and O–H groups in total. The van der Waals surface area contributed by atoms with E-state index in [2.05, 4.69) is 19.2 Å². The van der Waals surface area contributed by atoms with Crippen LogP contribution in [0.5, 0.6) is 0 Å². The number of carbonyl (C=O) groups is 2. The average Bonchev–Trinajstić information content (AvgIpc) is 3.08. The maximum Gasteiger partial charge on any atom is 0.245 e. The molecular formula is C14H24N2O2. The summed E-state index contributed by atoms with van der Waals surface area (Å²) in [7, 11) is 0. The lowest BCUT2D eigenvalue weighted by Gasteiger charge is -2.29. The Morgan fingerprint density at radius 2 is 2.11 bits per heavy atom. The van der Waals surface area contributed by atoms with Gasteiger partial charge in [0, 0.05) is 19.5 Å². The van der Waals surface area contributed by atoms with Gasteiger partial charge in [0.05, 0.1) is 0 Å². The number of rotatable bonds is 4. The summed E-state index contributed by atoms with van der Waals surface area (Å²) in [6, 6.07) is -0.327. The van der Waals surface area contributed by atoms with Gasteiger partial charge in [0.1, 0.15) is 6.04 Å². The molecule has 0 aromatic rings. The summed E-state index contributed by atoms with van der Waals surface area (Å²) < 4.78 is 0. The standard InChI is InChI=1S/C14H24N2O2/c1-4-10(2)12-13(18)16(8-5-11(17)15-12)9-14(3)6-7-14/h10,12H,4-9H2,1-3H3,(H,15,17). The van der Waals surface area contributed by atoms with Crippen LogP contribution in [0.4, 0.5) is 0 Å². The lowest BCUT2D eigenvalue weighted by Crippen LogP contribution is -2.49. The van der Waals surface area contributed by atoms with E-state index in [0.717, 1.165) is 13.0 Å². The van der Waals surface area contributed by atoms with Crippen molar-refractivity contribution in [2.24, 2.45) is 11.3 Å². The molecule has 1 heterocycles. The highest BCUT2D eigenvalue weighted by atomic mass is 16.2. The van der Waals surface area contributed by atoms with Gasteiger partial charge >= 0.3 is 0 Å². The van der Waals surface area contributed by atoms with Crippen molar-refractivity contribution in [2.75, 3.05) is 13.1 Å². The molecule has 0 aromatic heterocycles. The smallest absolute Gasteiger partial charge is 0.245 e. The molecule has 0 bridgehead atoms. The Morgan fingerprint density at radius 3 is 2.67 bits per heavy atom. The van der Waals surface area contributed by atoms with Crippen LogP contribution < -0.4 is 5.32 Å². The van der Waals surface area contributed by atoms with Crippen LogP contribution in [-0.2, 0) is 9.59 Å². The zero-order valence-corrected chi connectivity index (χ0v) is 11.7. The fourth-order valence-electron chi connectivity index (χ4n) is 2.46. The maximum atomic E-state index is 12.5. The Bertz CT molecular complexity index is 350. The first-order chi connectivity index (χ1) is 8.45. The van der Waals surface area contributed by atoms with E-state index < -0.39 is 0 Å². The second-order valence-electron chi connectivity index (χ2n) is 6.25. The Balaban J connectivity index is 2.09. The highest BCUT2D eigenvalue weighted by Gasteiger charge is 2.42. The number of hydrogen-bond donors (Lipinski definition) is 1. The summed E-state index contributed by atoms with van der Waals surface area (Å²) in [6.07, 6.45) is 3.74. The second kappa shape index (κ2) is 4.90. The summed E-state index contributed by atoms with van der Waals surface area (Å²) in [5.41, 5.74) is 0.309. The first-order valence-electron chi connectivity index (χ1n) is 7.03. The molecule has 4 nitrogen and oxygen atoms in total. The van der Waals surface area contributed by atoms with Crippen molar-refractivity contribution in [3.05, 3.63) is 0 Å². The minimum atomic E-state index is -0.327. The predicted octanol–water partition coefficient (Wildman–Crippen LogP) is 1.55. The molecule has 0 aromatic carbocycles. The zero-order chi connectivity index (χ0) is 13.3. The molecule has 2 atom stereocenters. The van der Waals surface area contributed by atoms with E-state index in [0.29, 0.717) is 18.4 Å². The summed E-state index contributed by atoms with van der Waals surface area (Å²) in [4.78, 5) is 26.1. The molecule has 0 radical (unpaired) electrons. The first kappa shape index (κ1) is 13.4. The minimum Gasteiger partial charge on any atom is -0.344 e. The number of hydrogen-bond acceptors (Lipinski definition) is 2. The van der Waals surface area contributed by atoms with Gasteiger partial charge in [-0.15, -0.1) is 0 Å². The van der Waals surface area contributed by atoms with Crippen molar-refractivity contribution in [3.8, 4) is 0 Å². The van der Waals surface area contributed by atoms with E-state index in [4.69, 9.17) is 0 Å².